The van der Waals surface area contributed by atoms with E-state index in [1.54, 1.807) is 24.3 Å². The lowest BCUT2D eigenvalue weighted by atomic mass is 10.0. The van der Waals surface area contributed by atoms with Crippen molar-refractivity contribution in [1.82, 2.24) is 10.3 Å². The first-order valence-corrected chi connectivity index (χ1v) is 7.71. The summed E-state index contributed by atoms with van der Waals surface area (Å²) in [6.45, 7) is 0. The highest BCUT2D eigenvalue weighted by Crippen LogP contribution is 2.20. The van der Waals surface area contributed by atoms with E-state index in [2.05, 4.69) is 15.0 Å². The number of hydrogen-bond acceptors (Lipinski definition) is 7. The van der Waals surface area contributed by atoms with E-state index in [-0.39, 0.29) is 17.5 Å². The van der Waals surface area contributed by atoms with Crippen LogP contribution in [0, 0.1) is 0 Å². The fourth-order valence-corrected chi connectivity index (χ4v) is 2.33. The minimum atomic E-state index is -0.666. The molecule has 1 aromatic carbocycles. The van der Waals surface area contributed by atoms with Crippen LogP contribution in [0.25, 0.3) is 0 Å². The molecule has 0 saturated heterocycles. The van der Waals surface area contributed by atoms with Crippen LogP contribution >= 0.6 is 0 Å². The largest absolute Gasteiger partial charge is 0.469 e. The maximum absolute atomic E-state index is 12.7. The number of rotatable bonds is 6. The summed E-state index contributed by atoms with van der Waals surface area (Å²) in [4.78, 5) is 40.1. The molecular weight excluding hydrogens is 338 g/mol. The zero-order chi connectivity index (χ0) is 19.1. The van der Waals surface area contributed by atoms with E-state index in [1.165, 1.54) is 32.7 Å². The number of esters is 2. The summed E-state index contributed by atoms with van der Waals surface area (Å²) >= 11 is 0. The van der Waals surface area contributed by atoms with E-state index >= 15 is 0 Å². The molecule has 1 atom stereocenters. The van der Waals surface area contributed by atoms with Gasteiger partial charge in [0.1, 0.15) is 0 Å². The van der Waals surface area contributed by atoms with Crippen molar-refractivity contribution < 1.29 is 23.9 Å². The molecule has 0 aliphatic carbocycles. The average molecular weight is 357 g/mol. The van der Waals surface area contributed by atoms with Crippen LogP contribution in [-0.2, 0) is 14.3 Å². The number of anilines is 1. The van der Waals surface area contributed by atoms with Gasteiger partial charge in [-0.2, -0.15) is 0 Å². The molecule has 0 saturated carbocycles. The summed E-state index contributed by atoms with van der Waals surface area (Å²) in [6, 6.07) is 7.45. The zero-order valence-electron chi connectivity index (χ0n) is 14.4. The summed E-state index contributed by atoms with van der Waals surface area (Å²) in [7, 11) is 2.49. The number of nitrogens with two attached hydrogens (primary N) is 1. The minimum absolute atomic E-state index is 0.0460. The maximum atomic E-state index is 12.7. The molecule has 0 unspecified atom stereocenters. The number of hydrogen-bond donors (Lipinski definition) is 2. The lowest BCUT2D eigenvalue weighted by Crippen LogP contribution is -2.31. The van der Waals surface area contributed by atoms with Crippen LogP contribution < -0.4 is 11.1 Å². The van der Waals surface area contributed by atoms with Gasteiger partial charge in [-0.15, -0.1) is 0 Å². The highest BCUT2D eigenvalue weighted by molar-refractivity contribution is 6.05. The number of pyridine rings is 1. The van der Waals surface area contributed by atoms with Crippen LogP contribution in [0.5, 0.6) is 0 Å². The Morgan fingerprint density at radius 1 is 1.08 bits per heavy atom. The van der Waals surface area contributed by atoms with Gasteiger partial charge in [0.25, 0.3) is 5.91 Å². The quantitative estimate of drug-likeness (QED) is 0.593. The minimum Gasteiger partial charge on any atom is -0.469 e. The third-order valence-corrected chi connectivity index (χ3v) is 3.71. The van der Waals surface area contributed by atoms with Crippen molar-refractivity contribution in [2.24, 2.45) is 0 Å². The third-order valence-electron chi connectivity index (χ3n) is 3.71. The molecule has 0 aliphatic heterocycles. The lowest BCUT2D eigenvalue weighted by molar-refractivity contribution is -0.141. The van der Waals surface area contributed by atoms with Gasteiger partial charge in [0.05, 0.1) is 37.8 Å². The molecule has 1 aromatic heterocycles. The van der Waals surface area contributed by atoms with Crippen LogP contribution in [0.2, 0.25) is 0 Å². The van der Waals surface area contributed by atoms with E-state index in [9.17, 15) is 14.4 Å². The number of amides is 1. The number of benzene rings is 1. The highest BCUT2D eigenvalue weighted by atomic mass is 16.5. The predicted molar refractivity (Wildman–Crippen MR) is 93.3 cm³/mol. The third kappa shape index (κ3) is 4.56. The number of carbonyl (C=O) groups is 3. The Bertz CT molecular complexity index is 805. The Kier molecular flexibility index (Phi) is 6.26. The van der Waals surface area contributed by atoms with Crippen molar-refractivity contribution in [1.29, 1.82) is 0 Å². The van der Waals surface area contributed by atoms with Gasteiger partial charge in [0.15, 0.2) is 0 Å². The van der Waals surface area contributed by atoms with E-state index in [0.717, 1.165) is 0 Å². The number of nitrogens with one attached hydrogen (secondary N) is 1. The number of nitrogen functional groups attached to an aromatic ring is 1. The first kappa shape index (κ1) is 18.9. The Morgan fingerprint density at radius 2 is 1.77 bits per heavy atom. The van der Waals surface area contributed by atoms with Gasteiger partial charge < -0.3 is 20.5 Å². The van der Waals surface area contributed by atoms with Gasteiger partial charge in [0.2, 0.25) is 0 Å². The van der Waals surface area contributed by atoms with Gasteiger partial charge in [-0.05, 0) is 23.8 Å². The zero-order valence-corrected chi connectivity index (χ0v) is 14.4. The molecule has 0 bridgehead atoms. The SMILES string of the molecule is COC(=O)C[C@@H](NC(=O)c1cnccc1C(=O)OC)c1ccc(N)cc1. The molecule has 1 amide bonds. The van der Waals surface area contributed by atoms with Crippen molar-refractivity contribution in [3.8, 4) is 0 Å². The van der Waals surface area contributed by atoms with Crippen molar-refractivity contribution in [3.63, 3.8) is 0 Å². The van der Waals surface area contributed by atoms with E-state index < -0.39 is 23.9 Å². The standard InChI is InChI=1S/C18H19N3O5/c1-25-16(22)9-15(11-3-5-12(19)6-4-11)21-17(23)14-10-20-8-7-13(14)18(24)26-2/h3-8,10,15H,9,19H2,1-2H3,(H,21,23)/t15-/m1/s1. The summed E-state index contributed by atoms with van der Waals surface area (Å²) in [5, 5.41) is 2.73. The van der Waals surface area contributed by atoms with Crippen molar-refractivity contribution in [2.75, 3.05) is 20.0 Å². The highest BCUT2D eigenvalue weighted by Gasteiger charge is 2.23. The fraction of sp³-hybridized carbons (Fsp3) is 0.222. The Labute approximate surface area is 150 Å². The van der Waals surface area contributed by atoms with Gasteiger partial charge in [0, 0.05) is 18.1 Å². The molecule has 0 spiro atoms. The molecule has 2 aromatic rings. The summed E-state index contributed by atoms with van der Waals surface area (Å²) in [5.41, 5.74) is 7.02. The second-order valence-electron chi connectivity index (χ2n) is 5.39. The van der Waals surface area contributed by atoms with E-state index in [0.29, 0.717) is 11.3 Å². The number of ether oxygens (including phenoxy) is 2. The van der Waals surface area contributed by atoms with Gasteiger partial charge >= 0.3 is 11.9 Å². The second-order valence-corrected chi connectivity index (χ2v) is 5.39. The van der Waals surface area contributed by atoms with E-state index in [4.69, 9.17) is 10.5 Å². The molecule has 0 radical (unpaired) electrons. The van der Waals surface area contributed by atoms with Crippen molar-refractivity contribution >= 4 is 23.5 Å². The summed E-state index contributed by atoms with van der Waals surface area (Å²) in [6.07, 6.45) is 2.56. The van der Waals surface area contributed by atoms with Gasteiger partial charge in [-0.3, -0.25) is 14.6 Å². The number of methoxy groups -OCH3 is 2. The second kappa shape index (κ2) is 8.61. The smallest absolute Gasteiger partial charge is 0.338 e. The molecule has 0 aliphatic rings. The Hall–Kier alpha value is -3.42. The number of carbonyl (C=O) groups excluding carboxylic acids is 3. The number of aromatic nitrogens is 1. The molecule has 26 heavy (non-hydrogen) atoms. The van der Waals surface area contributed by atoms with Crippen LogP contribution in [0.15, 0.2) is 42.7 Å². The molecule has 8 nitrogen and oxygen atoms in total. The maximum Gasteiger partial charge on any atom is 0.338 e. The van der Waals surface area contributed by atoms with Crippen molar-refractivity contribution in [2.45, 2.75) is 12.5 Å². The molecule has 1 heterocycles. The van der Waals surface area contributed by atoms with Gasteiger partial charge in [-0.25, -0.2) is 4.79 Å². The Balaban J connectivity index is 2.30. The Morgan fingerprint density at radius 3 is 2.38 bits per heavy atom. The van der Waals surface area contributed by atoms with Crippen LogP contribution in [0.1, 0.15) is 38.7 Å². The molecule has 3 N–H and O–H groups in total. The normalized spacial score (nSPS) is 11.3. The summed E-state index contributed by atoms with van der Waals surface area (Å²) < 4.78 is 9.37. The molecule has 0 fully saturated rings. The first-order valence-electron chi connectivity index (χ1n) is 7.71. The lowest BCUT2D eigenvalue weighted by Gasteiger charge is -2.19. The summed E-state index contributed by atoms with van der Waals surface area (Å²) in [5.74, 6) is -1.72. The number of nitrogens with zero attached hydrogens (tertiary/aromatic N) is 1. The average Bonchev–Trinajstić information content (AvgIpc) is 2.67. The van der Waals surface area contributed by atoms with Gasteiger partial charge in [-0.1, -0.05) is 12.1 Å². The monoisotopic (exact) mass is 357 g/mol. The van der Waals surface area contributed by atoms with Crippen molar-refractivity contribution in [3.05, 3.63) is 59.4 Å². The molecular formula is C18H19N3O5. The molecule has 2 rings (SSSR count). The first-order chi connectivity index (χ1) is 12.5. The van der Waals surface area contributed by atoms with Crippen LogP contribution in [-0.4, -0.2) is 37.0 Å². The molecule has 136 valence electrons. The van der Waals surface area contributed by atoms with Crippen LogP contribution in [0.3, 0.4) is 0 Å². The topological polar surface area (TPSA) is 121 Å². The molecule has 8 heteroatoms. The predicted octanol–water partition coefficient (Wildman–Crippen LogP) is 1.48. The fourth-order valence-electron chi connectivity index (χ4n) is 2.33. The van der Waals surface area contributed by atoms with Crippen LogP contribution in [0.4, 0.5) is 5.69 Å². The van der Waals surface area contributed by atoms with E-state index in [1.807, 2.05) is 0 Å².